The molecule has 2 heterocycles. The third kappa shape index (κ3) is 3.44. The molecule has 2 rings (SSSR count). The van der Waals surface area contributed by atoms with Crippen LogP contribution in [0.3, 0.4) is 0 Å². The number of thiophene rings is 1. The van der Waals surface area contributed by atoms with Crippen LogP contribution in [-0.2, 0) is 11.2 Å². The van der Waals surface area contributed by atoms with E-state index in [9.17, 15) is 4.79 Å². The molecule has 1 amide bonds. The largest absolute Gasteiger partial charge is 0.355 e. The molecule has 0 saturated heterocycles. The van der Waals surface area contributed by atoms with E-state index < -0.39 is 0 Å². The van der Waals surface area contributed by atoms with Crippen LogP contribution in [0.1, 0.15) is 26.5 Å². The fourth-order valence-corrected chi connectivity index (χ4v) is 2.45. The van der Waals surface area contributed by atoms with Gasteiger partial charge in [0.25, 0.3) is 0 Å². The fourth-order valence-electron chi connectivity index (χ4n) is 1.70. The number of rotatable bonds is 4. The quantitative estimate of drug-likeness (QED) is 0.903. The first-order chi connectivity index (χ1) is 8.98. The maximum absolute atomic E-state index is 11.8. The van der Waals surface area contributed by atoms with E-state index in [-0.39, 0.29) is 11.3 Å². The molecule has 102 valence electrons. The number of H-pyrrole nitrogens is 1. The number of aromatic amines is 1. The highest BCUT2D eigenvalue weighted by atomic mass is 32.1. The van der Waals surface area contributed by atoms with Crippen molar-refractivity contribution in [3.63, 3.8) is 0 Å². The molecule has 2 N–H and O–H groups in total. The second kappa shape index (κ2) is 5.57. The van der Waals surface area contributed by atoms with Crippen LogP contribution in [0.4, 0.5) is 0 Å². The lowest BCUT2D eigenvalue weighted by atomic mass is 9.96. The van der Waals surface area contributed by atoms with Gasteiger partial charge in [-0.1, -0.05) is 26.8 Å². The Kier molecular flexibility index (Phi) is 4.04. The molecule has 0 radical (unpaired) electrons. The van der Waals surface area contributed by atoms with E-state index in [0.717, 1.165) is 22.7 Å². The summed E-state index contributed by atoms with van der Waals surface area (Å²) < 4.78 is 0. The number of hydrogen-bond acceptors (Lipinski definition) is 3. The summed E-state index contributed by atoms with van der Waals surface area (Å²) in [6, 6.07) is 4.07. The molecule has 5 heteroatoms. The van der Waals surface area contributed by atoms with Gasteiger partial charge >= 0.3 is 0 Å². The van der Waals surface area contributed by atoms with Crippen molar-refractivity contribution in [3.8, 4) is 10.6 Å². The molecule has 0 aliphatic carbocycles. The molecular weight excluding hydrogens is 258 g/mol. The number of hydrogen-bond donors (Lipinski definition) is 2. The topological polar surface area (TPSA) is 57.8 Å². The summed E-state index contributed by atoms with van der Waals surface area (Å²) in [6.45, 7) is 6.36. The zero-order valence-electron chi connectivity index (χ0n) is 11.5. The van der Waals surface area contributed by atoms with Gasteiger partial charge in [-0.3, -0.25) is 4.79 Å². The molecule has 19 heavy (non-hydrogen) atoms. The maximum atomic E-state index is 11.8. The maximum Gasteiger partial charge on any atom is 0.225 e. The third-order valence-corrected chi connectivity index (χ3v) is 3.69. The first kappa shape index (κ1) is 13.8. The summed E-state index contributed by atoms with van der Waals surface area (Å²) in [5.41, 5.74) is 1.71. The van der Waals surface area contributed by atoms with Crippen molar-refractivity contribution in [1.29, 1.82) is 0 Å². The van der Waals surface area contributed by atoms with Crippen LogP contribution < -0.4 is 5.32 Å². The molecule has 4 nitrogen and oxygen atoms in total. The fraction of sp³-hybridized carbons (Fsp3) is 0.429. The number of nitrogens with zero attached hydrogens (tertiary/aromatic N) is 1. The monoisotopic (exact) mass is 277 g/mol. The minimum Gasteiger partial charge on any atom is -0.355 e. The molecule has 0 atom stereocenters. The Morgan fingerprint density at radius 1 is 1.47 bits per heavy atom. The van der Waals surface area contributed by atoms with Crippen LogP contribution >= 0.6 is 11.3 Å². The van der Waals surface area contributed by atoms with Gasteiger partial charge in [0, 0.05) is 24.1 Å². The van der Waals surface area contributed by atoms with Crippen molar-refractivity contribution in [2.75, 3.05) is 6.54 Å². The predicted octanol–water partition coefficient (Wildman–Crippen LogP) is 2.84. The highest BCUT2D eigenvalue weighted by molar-refractivity contribution is 7.13. The van der Waals surface area contributed by atoms with Crippen LogP contribution in [0.15, 0.2) is 23.8 Å². The van der Waals surface area contributed by atoms with E-state index in [1.807, 2.05) is 32.2 Å². The lowest BCUT2D eigenvalue weighted by molar-refractivity contribution is -0.128. The van der Waals surface area contributed by atoms with Gasteiger partial charge in [0.05, 0.1) is 11.2 Å². The van der Waals surface area contributed by atoms with Crippen LogP contribution in [0.2, 0.25) is 0 Å². The lowest BCUT2D eigenvalue weighted by Gasteiger charge is -2.17. The van der Waals surface area contributed by atoms with Gasteiger partial charge in [-0.2, -0.15) is 0 Å². The zero-order valence-corrected chi connectivity index (χ0v) is 12.3. The average Bonchev–Trinajstić information content (AvgIpc) is 2.97. The molecule has 0 aromatic carbocycles. The molecule has 0 unspecified atom stereocenters. The number of amides is 1. The summed E-state index contributed by atoms with van der Waals surface area (Å²) >= 11 is 1.67. The highest BCUT2D eigenvalue weighted by Gasteiger charge is 2.20. The van der Waals surface area contributed by atoms with Gasteiger partial charge in [-0.15, -0.1) is 11.3 Å². The van der Waals surface area contributed by atoms with Gasteiger partial charge in [0.15, 0.2) is 0 Å². The average molecular weight is 277 g/mol. The standard InChI is InChI=1S/C14H19N3OS/c1-14(2,3)13(18)15-7-6-10-12(17-9-16-10)11-5-4-8-19-11/h4-5,8-9H,6-7H2,1-3H3,(H,15,18)(H,16,17). The van der Waals surface area contributed by atoms with Crippen molar-refractivity contribution in [3.05, 3.63) is 29.5 Å². The van der Waals surface area contributed by atoms with E-state index in [1.54, 1.807) is 17.7 Å². The second-order valence-electron chi connectivity index (χ2n) is 5.46. The Balaban J connectivity index is 1.95. The minimum absolute atomic E-state index is 0.0738. The molecule has 2 aromatic heterocycles. The Labute approximate surface area is 117 Å². The van der Waals surface area contributed by atoms with E-state index in [2.05, 4.69) is 21.4 Å². The normalized spacial score (nSPS) is 11.5. The van der Waals surface area contributed by atoms with Gasteiger partial charge < -0.3 is 10.3 Å². The van der Waals surface area contributed by atoms with E-state index in [4.69, 9.17) is 0 Å². The second-order valence-corrected chi connectivity index (χ2v) is 6.41. The van der Waals surface area contributed by atoms with Crippen molar-refractivity contribution in [2.45, 2.75) is 27.2 Å². The van der Waals surface area contributed by atoms with Crippen LogP contribution in [-0.4, -0.2) is 22.4 Å². The number of imidazole rings is 1. The van der Waals surface area contributed by atoms with Crippen LogP contribution in [0.5, 0.6) is 0 Å². The van der Waals surface area contributed by atoms with Gasteiger partial charge in [0.1, 0.15) is 5.69 Å². The summed E-state index contributed by atoms with van der Waals surface area (Å²) in [6.07, 6.45) is 2.46. The molecular formula is C14H19N3OS. The molecule has 0 spiro atoms. The van der Waals surface area contributed by atoms with E-state index in [1.165, 1.54) is 0 Å². The van der Waals surface area contributed by atoms with Gasteiger partial charge in [-0.25, -0.2) is 4.98 Å². The van der Waals surface area contributed by atoms with Crippen molar-refractivity contribution < 1.29 is 4.79 Å². The van der Waals surface area contributed by atoms with Crippen molar-refractivity contribution in [1.82, 2.24) is 15.3 Å². The molecule has 0 fully saturated rings. The third-order valence-electron chi connectivity index (χ3n) is 2.81. The Morgan fingerprint density at radius 3 is 2.89 bits per heavy atom. The van der Waals surface area contributed by atoms with Crippen LogP contribution in [0, 0.1) is 5.41 Å². The minimum atomic E-state index is -0.343. The Bertz CT molecular complexity index is 537. The summed E-state index contributed by atoms with van der Waals surface area (Å²) in [4.78, 5) is 20.4. The smallest absolute Gasteiger partial charge is 0.225 e. The molecule has 0 saturated carbocycles. The predicted molar refractivity (Wildman–Crippen MR) is 78.1 cm³/mol. The molecule has 0 aliphatic rings. The van der Waals surface area contributed by atoms with E-state index in [0.29, 0.717) is 6.54 Å². The summed E-state index contributed by atoms with van der Waals surface area (Å²) in [7, 11) is 0. The number of carbonyl (C=O) groups excluding carboxylic acids is 1. The number of nitrogens with one attached hydrogen (secondary N) is 2. The van der Waals surface area contributed by atoms with Crippen molar-refractivity contribution >= 4 is 17.2 Å². The lowest BCUT2D eigenvalue weighted by Crippen LogP contribution is -2.36. The number of carbonyl (C=O) groups is 1. The van der Waals surface area contributed by atoms with E-state index >= 15 is 0 Å². The Hall–Kier alpha value is -1.62. The SMILES string of the molecule is CC(C)(C)C(=O)NCCc1[nH]cnc1-c1cccs1. The van der Waals surface area contributed by atoms with Gasteiger partial charge in [-0.05, 0) is 11.4 Å². The molecule has 0 bridgehead atoms. The van der Waals surface area contributed by atoms with Crippen LogP contribution in [0.25, 0.3) is 10.6 Å². The zero-order chi connectivity index (χ0) is 13.9. The molecule has 2 aromatic rings. The Morgan fingerprint density at radius 2 is 2.26 bits per heavy atom. The molecule has 0 aliphatic heterocycles. The first-order valence-electron chi connectivity index (χ1n) is 6.33. The van der Waals surface area contributed by atoms with Crippen molar-refractivity contribution in [2.24, 2.45) is 5.41 Å². The summed E-state index contributed by atoms with van der Waals surface area (Å²) in [5.74, 6) is 0.0738. The number of aromatic nitrogens is 2. The first-order valence-corrected chi connectivity index (χ1v) is 7.21. The summed E-state index contributed by atoms with van der Waals surface area (Å²) in [5, 5.41) is 4.99. The van der Waals surface area contributed by atoms with Gasteiger partial charge in [0.2, 0.25) is 5.91 Å². The highest BCUT2D eigenvalue weighted by Crippen LogP contribution is 2.25.